The number of rotatable bonds is 6. The third-order valence-electron chi connectivity index (χ3n) is 3.82. The van der Waals surface area contributed by atoms with E-state index in [-0.39, 0.29) is 11.8 Å². The van der Waals surface area contributed by atoms with Crippen LogP contribution in [0.3, 0.4) is 0 Å². The van der Waals surface area contributed by atoms with E-state index in [2.05, 4.69) is 10.1 Å². The second kappa shape index (κ2) is 7.81. The average Bonchev–Trinajstić information content (AvgIpc) is 2.91. The van der Waals surface area contributed by atoms with Crippen LogP contribution in [0.25, 0.3) is 11.3 Å². The highest BCUT2D eigenvalue weighted by molar-refractivity contribution is 5.68. The lowest BCUT2D eigenvalue weighted by Crippen LogP contribution is -2.28. The van der Waals surface area contributed by atoms with Crippen molar-refractivity contribution in [3.05, 3.63) is 29.7 Å². The molecule has 0 aromatic carbocycles. The van der Waals surface area contributed by atoms with Gasteiger partial charge in [0, 0.05) is 19.7 Å². The minimum atomic E-state index is -0.356. The van der Waals surface area contributed by atoms with E-state index in [1.807, 2.05) is 14.0 Å². The van der Waals surface area contributed by atoms with Crippen molar-refractivity contribution >= 4 is 6.09 Å². The third-order valence-corrected chi connectivity index (χ3v) is 3.82. The van der Waals surface area contributed by atoms with Gasteiger partial charge in [-0.25, -0.2) is 9.78 Å². The van der Waals surface area contributed by atoms with E-state index in [1.165, 1.54) is 4.90 Å². The van der Waals surface area contributed by atoms with Crippen LogP contribution in [0.1, 0.15) is 31.2 Å². The van der Waals surface area contributed by atoms with Crippen molar-refractivity contribution < 1.29 is 14.6 Å². The number of nitrogens with zero attached hydrogens (tertiary/aromatic N) is 4. The molecule has 130 valence electrons. The summed E-state index contributed by atoms with van der Waals surface area (Å²) in [6.45, 7) is 4.58. The second-order valence-corrected chi connectivity index (χ2v) is 5.75. The molecule has 0 bridgehead atoms. The molecule has 24 heavy (non-hydrogen) atoms. The molecule has 2 heterocycles. The molecule has 0 radical (unpaired) electrons. The highest BCUT2D eigenvalue weighted by Gasteiger charge is 2.18. The zero-order chi connectivity index (χ0) is 17.7. The number of ether oxygens (including phenoxy) is 1. The Morgan fingerprint density at radius 1 is 1.42 bits per heavy atom. The lowest BCUT2D eigenvalue weighted by molar-refractivity contribution is 0.107. The fraction of sp³-hybridized carbons (Fsp3) is 0.471. The van der Waals surface area contributed by atoms with Gasteiger partial charge in [0.1, 0.15) is 5.75 Å². The van der Waals surface area contributed by atoms with Crippen LogP contribution in [0.5, 0.6) is 5.75 Å². The van der Waals surface area contributed by atoms with Crippen LogP contribution in [-0.4, -0.2) is 44.5 Å². The van der Waals surface area contributed by atoms with Gasteiger partial charge in [-0.3, -0.25) is 4.68 Å². The van der Waals surface area contributed by atoms with Crippen molar-refractivity contribution in [3.8, 4) is 17.0 Å². The molecule has 0 aliphatic heterocycles. The van der Waals surface area contributed by atoms with Crippen molar-refractivity contribution in [2.24, 2.45) is 7.05 Å². The van der Waals surface area contributed by atoms with Crippen LogP contribution in [0.2, 0.25) is 0 Å². The normalized spacial score (nSPS) is 10.7. The van der Waals surface area contributed by atoms with Gasteiger partial charge in [0.2, 0.25) is 0 Å². The largest absolute Gasteiger partial charge is 0.506 e. The predicted molar refractivity (Wildman–Crippen MR) is 90.6 cm³/mol. The van der Waals surface area contributed by atoms with E-state index < -0.39 is 0 Å². The summed E-state index contributed by atoms with van der Waals surface area (Å²) in [4.78, 5) is 17.9. The fourth-order valence-corrected chi connectivity index (χ4v) is 2.27. The van der Waals surface area contributed by atoms with Crippen LogP contribution < -0.4 is 0 Å². The number of aryl methyl sites for hydroxylation is 2. The predicted octanol–water partition coefficient (Wildman–Crippen LogP) is 2.86. The number of pyridine rings is 1. The van der Waals surface area contributed by atoms with Gasteiger partial charge in [0.25, 0.3) is 0 Å². The fourth-order valence-electron chi connectivity index (χ4n) is 2.27. The van der Waals surface area contributed by atoms with Crippen molar-refractivity contribution in [1.29, 1.82) is 0 Å². The summed E-state index contributed by atoms with van der Waals surface area (Å²) in [5.74, 6) is 0.154. The van der Waals surface area contributed by atoms with Crippen LogP contribution in [0.4, 0.5) is 4.79 Å². The molecule has 0 unspecified atom stereocenters. The minimum Gasteiger partial charge on any atom is -0.506 e. The van der Waals surface area contributed by atoms with E-state index in [4.69, 9.17) is 4.74 Å². The van der Waals surface area contributed by atoms with Gasteiger partial charge < -0.3 is 14.7 Å². The molecule has 0 aliphatic carbocycles. The van der Waals surface area contributed by atoms with Crippen LogP contribution in [0.15, 0.2) is 18.3 Å². The molecule has 7 heteroatoms. The number of aromatic hydroxyl groups is 1. The summed E-state index contributed by atoms with van der Waals surface area (Å²) in [7, 11) is 3.52. The van der Waals surface area contributed by atoms with E-state index in [1.54, 1.807) is 37.0 Å². The molecule has 0 saturated heterocycles. The van der Waals surface area contributed by atoms with Crippen LogP contribution >= 0.6 is 0 Å². The molecular weight excluding hydrogens is 308 g/mol. The van der Waals surface area contributed by atoms with Crippen molar-refractivity contribution in [1.82, 2.24) is 19.7 Å². The first-order valence-corrected chi connectivity index (χ1v) is 7.99. The highest BCUT2D eigenvalue weighted by atomic mass is 16.6. The van der Waals surface area contributed by atoms with Gasteiger partial charge in [-0.15, -0.1) is 0 Å². The number of carbonyl (C=O) groups excluding carboxylic acids is 1. The smallest absolute Gasteiger partial charge is 0.409 e. The Balaban J connectivity index is 2.17. The van der Waals surface area contributed by atoms with Crippen molar-refractivity contribution in [2.75, 3.05) is 13.7 Å². The molecule has 1 amide bonds. The molecule has 0 spiro atoms. The molecule has 0 fully saturated rings. The van der Waals surface area contributed by atoms with Crippen molar-refractivity contribution in [3.63, 3.8) is 0 Å². The summed E-state index contributed by atoms with van der Waals surface area (Å²) in [6.07, 6.45) is 3.19. The lowest BCUT2D eigenvalue weighted by atomic mass is 10.1. The third kappa shape index (κ3) is 4.04. The Morgan fingerprint density at radius 2 is 2.17 bits per heavy atom. The minimum absolute atomic E-state index is 0.154. The topological polar surface area (TPSA) is 80.5 Å². The lowest BCUT2D eigenvalue weighted by Gasteiger charge is -2.18. The van der Waals surface area contributed by atoms with E-state index in [9.17, 15) is 9.90 Å². The molecule has 2 aromatic heterocycles. The van der Waals surface area contributed by atoms with Gasteiger partial charge in [0.15, 0.2) is 0 Å². The second-order valence-electron chi connectivity index (χ2n) is 5.75. The summed E-state index contributed by atoms with van der Waals surface area (Å²) in [5.41, 5.74) is 2.94. The van der Waals surface area contributed by atoms with E-state index in [0.717, 1.165) is 24.1 Å². The number of hydrogen-bond acceptors (Lipinski definition) is 5. The number of amides is 1. The highest BCUT2D eigenvalue weighted by Crippen LogP contribution is 2.25. The molecule has 0 saturated carbocycles. The Labute approximate surface area is 141 Å². The number of unbranched alkanes of at least 4 members (excludes halogenated alkanes) is 1. The maximum Gasteiger partial charge on any atom is 0.409 e. The average molecular weight is 332 g/mol. The van der Waals surface area contributed by atoms with Gasteiger partial charge in [0.05, 0.1) is 36.4 Å². The Kier molecular flexibility index (Phi) is 5.78. The first-order valence-electron chi connectivity index (χ1n) is 7.99. The molecular formula is C17H24N4O3. The van der Waals surface area contributed by atoms with Gasteiger partial charge in [-0.2, -0.15) is 5.10 Å². The summed E-state index contributed by atoms with van der Waals surface area (Å²) in [5, 5.41) is 13.9. The quantitative estimate of drug-likeness (QED) is 0.823. The number of aromatic nitrogens is 3. The zero-order valence-corrected chi connectivity index (χ0v) is 14.6. The Hall–Kier alpha value is -2.57. The molecule has 1 N–H and O–H groups in total. The summed E-state index contributed by atoms with van der Waals surface area (Å²) >= 11 is 0. The number of hydrogen-bond donors (Lipinski definition) is 1. The van der Waals surface area contributed by atoms with Crippen molar-refractivity contribution in [2.45, 2.75) is 33.2 Å². The van der Waals surface area contributed by atoms with Crippen LogP contribution in [-0.2, 0) is 18.3 Å². The Bertz CT molecular complexity index is 712. The molecule has 2 aromatic rings. The SMILES string of the molecule is CCCCOC(=O)N(C)Cc1c(-c2ccc(O)c(C)n2)cnn1C. The monoisotopic (exact) mass is 332 g/mol. The van der Waals surface area contributed by atoms with E-state index in [0.29, 0.717) is 24.5 Å². The summed E-state index contributed by atoms with van der Waals surface area (Å²) in [6, 6.07) is 3.35. The van der Waals surface area contributed by atoms with Gasteiger partial charge in [-0.1, -0.05) is 13.3 Å². The number of carbonyl (C=O) groups is 1. The summed E-state index contributed by atoms with van der Waals surface area (Å²) < 4.78 is 6.94. The zero-order valence-electron chi connectivity index (χ0n) is 14.6. The standard InChI is InChI=1S/C17H24N4O3/c1-5-6-9-24-17(23)20(3)11-15-13(10-18-21(15)4)14-7-8-16(22)12(2)19-14/h7-8,10,22H,5-6,9,11H2,1-4H3. The Morgan fingerprint density at radius 3 is 2.83 bits per heavy atom. The maximum absolute atomic E-state index is 12.0. The molecule has 2 rings (SSSR count). The first-order chi connectivity index (χ1) is 11.4. The van der Waals surface area contributed by atoms with Gasteiger partial charge in [-0.05, 0) is 25.5 Å². The first kappa shape index (κ1) is 17.8. The molecule has 0 atom stereocenters. The van der Waals surface area contributed by atoms with E-state index >= 15 is 0 Å². The maximum atomic E-state index is 12.0. The van der Waals surface area contributed by atoms with Crippen LogP contribution in [0, 0.1) is 6.92 Å². The molecule has 7 nitrogen and oxygen atoms in total. The molecule has 0 aliphatic rings. The van der Waals surface area contributed by atoms with Gasteiger partial charge >= 0.3 is 6.09 Å².